The Morgan fingerprint density at radius 1 is 1.21 bits per heavy atom. The molecule has 29 heavy (non-hydrogen) atoms. The van der Waals surface area contributed by atoms with E-state index in [-0.39, 0.29) is 17.1 Å². The van der Waals surface area contributed by atoms with Crippen molar-refractivity contribution in [1.29, 1.82) is 0 Å². The summed E-state index contributed by atoms with van der Waals surface area (Å²) in [5.74, 6) is 0.548. The third-order valence-corrected chi connectivity index (χ3v) is 5.73. The fourth-order valence-electron chi connectivity index (χ4n) is 3.31. The van der Waals surface area contributed by atoms with Crippen molar-refractivity contribution in [2.24, 2.45) is 0 Å². The highest BCUT2D eigenvalue weighted by atomic mass is 32.2. The number of aromatic amines is 1. The first-order valence-electron chi connectivity index (χ1n) is 9.06. The number of benzene rings is 1. The number of hydrogen-bond acceptors (Lipinski definition) is 9. The number of imidazole rings is 1. The van der Waals surface area contributed by atoms with E-state index in [1.54, 1.807) is 0 Å². The van der Waals surface area contributed by atoms with Gasteiger partial charge in [0.1, 0.15) is 18.3 Å². The van der Waals surface area contributed by atoms with Gasteiger partial charge in [-0.3, -0.25) is 14.3 Å². The number of aliphatic hydroxyl groups excluding tert-OH is 3. The van der Waals surface area contributed by atoms with Crippen LogP contribution in [0.3, 0.4) is 0 Å². The van der Waals surface area contributed by atoms with Gasteiger partial charge in [0.25, 0.3) is 5.56 Å². The predicted octanol–water partition coefficient (Wildman–Crippen LogP) is -0.352. The molecule has 1 aliphatic rings. The van der Waals surface area contributed by atoms with Gasteiger partial charge in [0.15, 0.2) is 22.5 Å². The molecule has 154 valence electrons. The molecule has 11 heteroatoms. The summed E-state index contributed by atoms with van der Waals surface area (Å²) in [4.78, 5) is 23.2. The average Bonchev–Trinajstić information content (AvgIpc) is 3.20. The molecule has 4 rings (SSSR count). The highest BCUT2D eigenvalue weighted by molar-refractivity contribution is 7.99. The maximum atomic E-state index is 12.3. The van der Waals surface area contributed by atoms with E-state index >= 15 is 0 Å². The maximum absolute atomic E-state index is 12.3. The van der Waals surface area contributed by atoms with Gasteiger partial charge in [-0.05, 0) is 12.0 Å². The van der Waals surface area contributed by atoms with E-state index in [1.165, 1.54) is 16.3 Å². The summed E-state index contributed by atoms with van der Waals surface area (Å²) in [6.07, 6.45) is -3.89. The largest absolute Gasteiger partial charge is 0.394 e. The number of nitrogens with one attached hydrogen (secondary N) is 1. The van der Waals surface area contributed by atoms with E-state index in [9.17, 15) is 20.1 Å². The molecule has 4 atom stereocenters. The van der Waals surface area contributed by atoms with E-state index in [0.29, 0.717) is 10.9 Å². The first kappa shape index (κ1) is 19.9. The number of H-pyrrole nitrogens is 1. The molecule has 1 aliphatic heterocycles. The third kappa shape index (κ3) is 3.74. The zero-order chi connectivity index (χ0) is 20.5. The predicted molar refractivity (Wildman–Crippen MR) is 106 cm³/mol. The van der Waals surface area contributed by atoms with Gasteiger partial charge in [0.2, 0.25) is 5.95 Å². The molecule has 0 bridgehead atoms. The molecule has 0 spiro atoms. The third-order valence-electron chi connectivity index (χ3n) is 4.77. The molecule has 3 aromatic rings. The van der Waals surface area contributed by atoms with Crippen LogP contribution in [0, 0.1) is 0 Å². The SMILES string of the molecule is Nc1nc2c(nc(SCCc3ccccc3)n2[C@@H]2O[C@H](CO)[C@H](O)[C@@H]2O)c(=O)[nH]1. The molecule has 10 nitrogen and oxygen atoms in total. The lowest BCUT2D eigenvalue weighted by molar-refractivity contribution is -0.0548. The Morgan fingerprint density at radius 3 is 2.66 bits per heavy atom. The summed E-state index contributed by atoms with van der Waals surface area (Å²) in [5, 5.41) is 30.4. The van der Waals surface area contributed by atoms with Crippen molar-refractivity contribution in [2.75, 3.05) is 18.1 Å². The number of nitrogen functional groups attached to an aromatic ring is 1. The first-order chi connectivity index (χ1) is 14.0. The van der Waals surface area contributed by atoms with E-state index < -0.39 is 36.7 Å². The lowest BCUT2D eigenvalue weighted by Crippen LogP contribution is -2.33. The Balaban J connectivity index is 1.70. The fraction of sp³-hybridized carbons (Fsp3) is 0.389. The molecular formula is C18H21N5O5S. The van der Waals surface area contributed by atoms with Gasteiger partial charge in [-0.1, -0.05) is 42.1 Å². The normalized spacial score (nSPS) is 24.4. The van der Waals surface area contributed by atoms with Gasteiger partial charge >= 0.3 is 0 Å². The monoisotopic (exact) mass is 419 g/mol. The van der Waals surface area contributed by atoms with Crippen LogP contribution in [0.2, 0.25) is 0 Å². The smallest absolute Gasteiger partial charge is 0.280 e. The van der Waals surface area contributed by atoms with Crippen molar-refractivity contribution in [2.45, 2.75) is 36.1 Å². The molecule has 1 saturated heterocycles. The Bertz CT molecular complexity index is 1060. The molecule has 0 saturated carbocycles. The van der Waals surface area contributed by atoms with Gasteiger partial charge in [-0.15, -0.1) is 0 Å². The molecule has 0 radical (unpaired) electrons. The van der Waals surface area contributed by atoms with Gasteiger partial charge in [-0.2, -0.15) is 4.98 Å². The van der Waals surface area contributed by atoms with Gasteiger partial charge < -0.3 is 25.8 Å². The molecular weight excluding hydrogens is 398 g/mol. The number of nitrogens with two attached hydrogens (primary N) is 1. The van der Waals surface area contributed by atoms with E-state index in [0.717, 1.165) is 12.0 Å². The fourth-order valence-corrected chi connectivity index (χ4v) is 4.32. The molecule has 1 fully saturated rings. The van der Waals surface area contributed by atoms with Crippen LogP contribution < -0.4 is 11.3 Å². The molecule has 2 aromatic heterocycles. The lowest BCUT2D eigenvalue weighted by Gasteiger charge is -2.19. The van der Waals surface area contributed by atoms with Crippen molar-refractivity contribution in [1.82, 2.24) is 19.5 Å². The Labute approximate surface area is 169 Å². The number of hydrogen-bond donors (Lipinski definition) is 5. The zero-order valence-electron chi connectivity index (χ0n) is 15.3. The second kappa shape index (κ2) is 8.13. The molecule has 0 aliphatic carbocycles. The molecule has 0 amide bonds. The van der Waals surface area contributed by atoms with Crippen molar-refractivity contribution in [3.05, 3.63) is 46.2 Å². The number of anilines is 1. The van der Waals surface area contributed by atoms with Crippen LogP contribution in [0.1, 0.15) is 11.8 Å². The van der Waals surface area contributed by atoms with E-state index in [2.05, 4.69) is 15.0 Å². The number of rotatable bonds is 6. The summed E-state index contributed by atoms with van der Waals surface area (Å²) < 4.78 is 7.10. The van der Waals surface area contributed by atoms with Crippen molar-refractivity contribution >= 4 is 28.9 Å². The van der Waals surface area contributed by atoms with Crippen LogP contribution in [-0.2, 0) is 11.2 Å². The summed E-state index contributed by atoms with van der Waals surface area (Å²) in [6.45, 7) is -0.464. The van der Waals surface area contributed by atoms with Crippen LogP contribution in [-0.4, -0.2) is 65.5 Å². The van der Waals surface area contributed by atoms with Crippen LogP contribution in [0.4, 0.5) is 5.95 Å². The van der Waals surface area contributed by atoms with E-state index in [4.69, 9.17) is 10.5 Å². The summed E-state index contributed by atoms with van der Waals surface area (Å²) in [6, 6.07) is 9.90. The quantitative estimate of drug-likeness (QED) is 0.336. The number of aromatic nitrogens is 4. The van der Waals surface area contributed by atoms with E-state index in [1.807, 2.05) is 30.3 Å². The first-order valence-corrected chi connectivity index (χ1v) is 10.0. The second-order valence-corrected chi connectivity index (χ2v) is 7.76. The summed E-state index contributed by atoms with van der Waals surface area (Å²) >= 11 is 1.36. The number of thioether (sulfide) groups is 1. The zero-order valence-corrected chi connectivity index (χ0v) is 16.1. The summed E-state index contributed by atoms with van der Waals surface area (Å²) in [7, 11) is 0. The maximum Gasteiger partial charge on any atom is 0.280 e. The van der Waals surface area contributed by atoms with Crippen LogP contribution in [0.5, 0.6) is 0 Å². The number of nitrogens with zero attached hydrogens (tertiary/aromatic N) is 3. The van der Waals surface area contributed by atoms with Crippen LogP contribution in [0.25, 0.3) is 11.2 Å². The molecule has 3 heterocycles. The Morgan fingerprint density at radius 2 is 1.97 bits per heavy atom. The highest BCUT2D eigenvalue weighted by Crippen LogP contribution is 2.35. The highest BCUT2D eigenvalue weighted by Gasteiger charge is 2.45. The van der Waals surface area contributed by atoms with Crippen molar-refractivity contribution in [3.8, 4) is 0 Å². The Kier molecular flexibility index (Phi) is 5.56. The lowest BCUT2D eigenvalue weighted by atomic mass is 10.1. The molecule has 1 aromatic carbocycles. The molecule has 6 N–H and O–H groups in total. The number of fused-ring (bicyclic) bond motifs is 1. The second-order valence-electron chi connectivity index (χ2n) is 6.70. The topological polar surface area (TPSA) is 160 Å². The number of ether oxygens (including phenoxy) is 1. The standard InChI is InChI=1S/C18H21N5O5S/c19-17-21-14-11(15(27)22-17)20-18(29-7-6-9-4-2-1-3-5-9)23(14)16-13(26)12(25)10(8-24)28-16/h1-5,10,12-13,16,24-26H,6-8H2,(H3,19,21,22,27)/t10-,12+,13+,16-/m1/s1. The van der Waals surface area contributed by atoms with Crippen LogP contribution >= 0.6 is 11.8 Å². The number of aliphatic hydroxyl groups is 3. The minimum absolute atomic E-state index is 0.0548. The van der Waals surface area contributed by atoms with Crippen molar-refractivity contribution in [3.63, 3.8) is 0 Å². The minimum Gasteiger partial charge on any atom is -0.394 e. The van der Waals surface area contributed by atoms with Crippen LogP contribution in [0.15, 0.2) is 40.3 Å². The van der Waals surface area contributed by atoms with Gasteiger partial charge in [0, 0.05) is 5.75 Å². The minimum atomic E-state index is -1.33. The molecule has 0 unspecified atom stereocenters. The Hall–Kier alpha value is -2.44. The van der Waals surface area contributed by atoms with Gasteiger partial charge in [0.05, 0.1) is 6.61 Å². The summed E-state index contributed by atoms with van der Waals surface area (Å²) in [5.41, 5.74) is 6.52. The average molecular weight is 419 g/mol. The number of aryl methyl sites for hydroxylation is 1. The van der Waals surface area contributed by atoms with Crippen molar-refractivity contribution < 1.29 is 20.1 Å². The van der Waals surface area contributed by atoms with Gasteiger partial charge in [-0.25, -0.2) is 4.98 Å².